The molecule has 4 heteroatoms. The van der Waals surface area contributed by atoms with Gasteiger partial charge in [-0.2, -0.15) is 0 Å². The Morgan fingerprint density at radius 1 is 0.591 bits per heavy atom. The number of benzene rings is 1. The van der Waals surface area contributed by atoms with Gasteiger partial charge in [-0.15, -0.1) is 0 Å². The van der Waals surface area contributed by atoms with Crippen LogP contribution in [0, 0.1) is 0 Å². The molecule has 2 aromatic heterocycles. The predicted molar refractivity (Wildman–Crippen MR) is 84.9 cm³/mol. The summed E-state index contributed by atoms with van der Waals surface area (Å²) in [6.45, 7) is 1.33. The Morgan fingerprint density at radius 3 is 1.41 bits per heavy atom. The van der Waals surface area contributed by atoms with Crippen molar-refractivity contribution in [1.29, 1.82) is 0 Å². The van der Waals surface area contributed by atoms with E-state index in [-0.39, 0.29) is 0 Å². The van der Waals surface area contributed by atoms with Gasteiger partial charge >= 0.3 is 0 Å². The molecule has 0 bridgehead atoms. The first kappa shape index (κ1) is 14.1. The molecule has 0 aliphatic carbocycles. The number of hydrogen-bond acceptors (Lipinski definition) is 4. The Kier molecular flexibility index (Phi) is 4.62. The van der Waals surface area contributed by atoms with Crippen molar-refractivity contribution in [2.24, 2.45) is 0 Å². The van der Waals surface area contributed by atoms with Crippen LogP contribution in [0.15, 0.2) is 73.3 Å². The van der Waals surface area contributed by atoms with E-state index in [9.17, 15) is 0 Å². The maximum atomic E-state index is 5.30. The molecular formula is C18H16N2O2. The minimum absolute atomic E-state index is 0.664. The molecule has 110 valence electrons. The maximum Gasteiger partial charge on any atom is 0.161 e. The number of ether oxygens (including phenoxy) is 2. The Labute approximate surface area is 129 Å². The first-order chi connectivity index (χ1) is 10.9. The molecule has 22 heavy (non-hydrogen) atoms. The van der Waals surface area contributed by atoms with E-state index in [0.717, 1.165) is 11.5 Å². The highest BCUT2D eigenvalue weighted by Crippen LogP contribution is 2.28. The Morgan fingerprint density at radius 2 is 1.00 bits per heavy atom. The molecule has 0 amide bonds. The summed E-state index contributed by atoms with van der Waals surface area (Å²) in [5, 5.41) is 0. The molecule has 0 fully saturated rings. The summed E-state index contributed by atoms with van der Waals surface area (Å²) in [5.74, 6) is 1.71. The highest BCUT2D eigenvalue weighted by molar-refractivity contribution is 5.61. The zero-order chi connectivity index (χ0) is 15.0. The van der Waals surface area contributed by atoms with Crippen LogP contribution in [0.5, 0.6) is 11.5 Å². The first-order valence-electron chi connectivity index (χ1n) is 7.08. The van der Waals surface area contributed by atoms with Gasteiger partial charge in [0.05, 0.1) is 0 Å². The second-order valence-electron chi connectivity index (χ2n) is 4.62. The number of pyridine rings is 2. The van der Waals surface area contributed by atoms with E-state index < -0.39 is 0 Å². The molecule has 0 saturated carbocycles. The van der Waals surface area contributed by atoms with Crippen LogP contribution >= 0.6 is 0 Å². The Bertz CT molecular complexity index is 640. The molecule has 0 radical (unpaired) electrons. The zero-order valence-electron chi connectivity index (χ0n) is 12.1. The molecule has 1 aromatic carbocycles. The topological polar surface area (TPSA) is 44.2 Å². The average molecular weight is 292 g/mol. The van der Waals surface area contributed by atoms with E-state index in [1.165, 1.54) is 11.1 Å². The fourth-order valence-corrected chi connectivity index (χ4v) is 2.08. The summed E-state index contributed by atoms with van der Waals surface area (Å²) in [7, 11) is 0. The molecule has 0 unspecified atom stereocenters. The lowest BCUT2D eigenvalue weighted by molar-refractivity contribution is 0.171. The third kappa shape index (κ3) is 3.61. The second kappa shape index (κ2) is 7.22. The molecule has 1 aliphatic heterocycles. The summed E-state index contributed by atoms with van der Waals surface area (Å²) in [5.41, 5.74) is 2.35. The number of rotatable bonds is 1. The van der Waals surface area contributed by atoms with Gasteiger partial charge in [0.2, 0.25) is 0 Å². The number of hydrogen-bond donors (Lipinski definition) is 0. The minimum Gasteiger partial charge on any atom is -0.486 e. The van der Waals surface area contributed by atoms with E-state index >= 15 is 0 Å². The van der Waals surface area contributed by atoms with Crippen molar-refractivity contribution in [2.45, 2.75) is 0 Å². The van der Waals surface area contributed by atoms with Crippen LogP contribution in [-0.4, -0.2) is 23.2 Å². The quantitative estimate of drug-likeness (QED) is 0.687. The molecule has 0 saturated heterocycles. The third-order valence-electron chi connectivity index (χ3n) is 3.14. The van der Waals surface area contributed by atoms with Crippen LogP contribution in [0.2, 0.25) is 0 Å². The SMILES string of the molecule is c1cc(-c2ccncc2)ccn1.c1ccc2c(c1)OCCO2. The second-order valence-corrected chi connectivity index (χ2v) is 4.62. The number of aromatic nitrogens is 2. The molecule has 4 rings (SSSR count). The molecular weight excluding hydrogens is 276 g/mol. The Balaban J connectivity index is 0.000000133. The molecule has 0 N–H and O–H groups in total. The van der Waals surface area contributed by atoms with Gasteiger partial charge in [0.15, 0.2) is 11.5 Å². The maximum absolute atomic E-state index is 5.30. The van der Waals surface area contributed by atoms with E-state index in [0.29, 0.717) is 13.2 Å². The largest absolute Gasteiger partial charge is 0.486 e. The van der Waals surface area contributed by atoms with Gasteiger partial charge in [0.1, 0.15) is 13.2 Å². The van der Waals surface area contributed by atoms with Gasteiger partial charge in [0, 0.05) is 24.8 Å². The van der Waals surface area contributed by atoms with Crippen molar-refractivity contribution in [3.8, 4) is 22.6 Å². The van der Waals surface area contributed by atoms with Gasteiger partial charge in [-0.05, 0) is 47.5 Å². The van der Waals surface area contributed by atoms with Gasteiger partial charge in [-0.3, -0.25) is 9.97 Å². The summed E-state index contributed by atoms with van der Waals surface area (Å²) >= 11 is 0. The van der Waals surface area contributed by atoms with Crippen LogP contribution in [-0.2, 0) is 0 Å². The lowest BCUT2D eigenvalue weighted by Crippen LogP contribution is -2.14. The normalized spacial score (nSPS) is 12.0. The van der Waals surface area contributed by atoms with E-state index in [4.69, 9.17) is 9.47 Å². The van der Waals surface area contributed by atoms with Crippen LogP contribution in [0.4, 0.5) is 0 Å². The summed E-state index contributed by atoms with van der Waals surface area (Å²) in [6.07, 6.45) is 7.15. The monoisotopic (exact) mass is 292 g/mol. The fraction of sp³-hybridized carbons (Fsp3) is 0.111. The molecule has 1 aliphatic rings. The van der Waals surface area contributed by atoms with Crippen LogP contribution in [0.1, 0.15) is 0 Å². The van der Waals surface area contributed by atoms with Crippen molar-refractivity contribution < 1.29 is 9.47 Å². The standard InChI is InChI=1S/C10H8N2.C8H8O2/c1-5-11-6-2-9(1)10-3-7-12-8-4-10;1-2-4-8-7(3-1)9-5-6-10-8/h1-8H;1-4H,5-6H2. The summed E-state index contributed by atoms with van der Waals surface area (Å²) in [4.78, 5) is 7.91. The zero-order valence-corrected chi connectivity index (χ0v) is 12.1. The molecule has 0 spiro atoms. The predicted octanol–water partition coefficient (Wildman–Crippen LogP) is 3.60. The smallest absolute Gasteiger partial charge is 0.161 e. The van der Waals surface area contributed by atoms with Crippen molar-refractivity contribution in [3.63, 3.8) is 0 Å². The fourth-order valence-electron chi connectivity index (χ4n) is 2.08. The number of fused-ring (bicyclic) bond motifs is 1. The van der Waals surface area contributed by atoms with Gasteiger partial charge in [0.25, 0.3) is 0 Å². The molecule has 0 atom stereocenters. The number of nitrogens with zero attached hydrogens (tertiary/aromatic N) is 2. The Hall–Kier alpha value is -2.88. The van der Waals surface area contributed by atoms with Gasteiger partial charge < -0.3 is 9.47 Å². The molecule has 3 heterocycles. The highest BCUT2D eigenvalue weighted by atomic mass is 16.6. The summed E-state index contributed by atoms with van der Waals surface area (Å²) in [6, 6.07) is 15.6. The van der Waals surface area contributed by atoms with E-state index in [1.54, 1.807) is 24.8 Å². The van der Waals surface area contributed by atoms with Crippen LogP contribution in [0.3, 0.4) is 0 Å². The third-order valence-corrected chi connectivity index (χ3v) is 3.14. The van der Waals surface area contributed by atoms with Gasteiger partial charge in [-0.1, -0.05) is 12.1 Å². The molecule has 3 aromatic rings. The summed E-state index contributed by atoms with van der Waals surface area (Å²) < 4.78 is 10.6. The van der Waals surface area contributed by atoms with Gasteiger partial charge in [-0.25, -0.2) is 0 Å². The minimum atomic E-state index is 0.664. The lowest BCUT2D eigenvalue weighted by atomic mass is 10.1. The average Bonchev–Trinajstić information content (AvgIpc) is 2.64. The van der Waals surface area contributed by atoms with Crippen molar-refractivity contribution in [3.05, 3.63) is 73.3 Å². The van der Waals surface area contributed by atoms with E-state index in [2.05, 4.69) is 9.97 Å². The van der Waals surface area contributed by atoms with Crippen molar-refractivity contribution >= 4 is 0 Å². The van der Waals surface area contributed by atoms with Crippen LogP contribution in [0.25, 0.3) is 11.1 Å². The lowest BCUT2D eigenvalue weighted by Gasteiger charge is -2.17. The van der Waals surface area contributed by atoms with E-state index in [1.807, 2.05) is 48.5 Å². The van der Waals surface area contributed by atoms with Crippen LogP contribution < -0.4 is 9.47 Å². The highest BCUT2D eigenvalue weighted by Gasteiger charge is 2.07. The van der Waals surface area contributed by atoms with Crippen molar-refractivity contribution in [1.82, 2.24) is 9.97 Å². The number of para-hydroxylation sites is 2. The first-order valence-corrected chi connectivity index (χ1v) is 7.08. The molecule has 4 nitrogen and oxygen atoms in total. The van der Waals surface area contributed by atoms with Crippen molar-refractivity contribution in [2.75, 3.05) is 13.2 Å².